The number of anilines is 3. The number of hydrazone groups is 1. The molecule has 2 unspecified atom stereocenters. The van der Waals surface area contributed by atoms with Crippen molar-refractivity contribution in [2.45, 2.75) is 11.5 Å². The summed E-state index contributed by atoms with van der Waals surface area (Å²) in [5.74, 6) is -1.87. The van der Waals surface area contributed by atoms with E-state index in [-0.39, 0.29) is 11.5 Å². The molecule has 9 nitrogen and oxygen atoms in total. The largest absolute Gasteiger partial charge is 0.508 e. The fourth-order valence-electron chi connectivity index (χ4n) is 5.82. The van der Waals surface area contributed by atoms with E-state index in [9.17, 15) is 14.7 Å². The summed E-state index contributed by atoms with van der Waals surface area (Å²) in [7, 11) is 0. The van der Waals surface area contributed by atoms with Crippen LogP contribution in [0.3, 0.4) is 0 Å². The predicted molar refractivity (Wildman–Crippen MR) is 166 cm³/mol. The highest BCUT2D eigenvalue weighted by atomic mass is 35.5. The molecule has 1 aromatic heterocycles. The number of hydrogen-bond donors (Lipinski definition) is 3. The Kier molecular flexibility index (Phi) is 6.41. The number of rotatable bonds is 5. The van der Waals surface area contributed by atoms with Gasteiger partial charge in [-0.05, 0) is 78.4 Å². The van der Waals surface area contributed by atoms with E-state index >= 15 is 0 Å². The summed E-state index contributed by atoms with van der Waals surface area (Å²) in [4.78, 5) is 28.5. The van der Waals surface area contributed by atoms with Gasteiger partial charge in [0.15, 0.2) is 5.54 Å². The molecule has 11 heteroatoms. The number of nitrogens with zero attached hydrogens (tertiary/aromatic N) is 4. The lowest BCUT2D eigenvalue weighted by Gasteiger charge is -2.37. The van der Waals surface area contributed by atoms with Gasteiger partial charge in [-0.25, -0.2) is 9.69 Å². The van der Waals surface area contributed by atoms with E-state index in [0.717, 1.165) is 5.69 Å². The van der Waals surface area contributed by atoms with Gasteiger partial charge >= 0.3 is 0 Å². The number of amides is 2. The molecule has 7 rings (SSSR count). The molecule has 2 aliphatic heterocycles. The minimum absolute atomic E-state index is 0.0148. The average Bonchev–Trinajstić information content (AvgIpc) is 3.72. The molecular formula is C32H22Cl2N6O3. The van der Waals surface area contributed by atoms with Crippen LogP contribution in [0.1, 0.15) is 17.0 Å². The maximum atomic E-state index is 14.3. The predicted octanol–water partition coefficient (Wildman–Crippen LogP) is 6.33. The van der Waals surface area contributed by atoms with Gasteiger partial charge in [0, 0.05) is 39.4 Å². The molecule has 212 valence electrons. The second kappa shape index (κ2) is 10.3. The van der Waals surface area contributed by atoms with Gasteiger partial charge in [-0.1, -0.05) is 47.5 Å². The van der Waals surface area contributed by atoms with Crippen molar-refractivity contribution in [2.75, 3.05) is 15.6 Å². The number of aromatic nitrogens is 2. The van der Waals surface area contributed by atoms with Crippen LogP contribution in [-0.4, -0.2) is 32.4 Å². The van der Waals surface area contributed by atoms with Crippen LogP contribution in [0.15, 0.2) is 115 Å². The highest BCUT2D eigenvalue weighted by Gasteiger charge is 2.63. The van der Waals surface area contributed by atoms with Crippen molar-refractivity contribution < 1.29 is 14.7 Å². The van der Waals surface area contributed by atoms with Crippen molar-refractivity contribution in [2.24, 2.45) is 5.10 Å². The van der Waals surface area contributed by atoms with Crippen molar-refractivity contribution in [1.29, 1.82) is 0 Å². The number of carbonyl (C=O) groups excluding carboxylic acids is 2. The zero-order chi connectivity index (χ0) is 29.7. The average molecular weight is 609 g/mol. The first-order valence-electron chi connectivity index (χ1n) is 13.3. The Labute approximate surface area is 256 Å². The zero-order valence-electron chi connectivity index (χ0n) is 22.3. The number of benzene rings is 4. The molecule has 0 saturated carbocycles. The third-order valence-corrected chi connectivity index (χ3v) is 8.09. The number of phenolic OH excluding ortho intramolecular Hbond substituents is 1. The molecule has 4 aromatic carbocycles. The second-order valence-corrected chi connectivity index (χ2v) is 11.0. The number of phenols is 1. The van der Waals surface area contributed by atoms with Gasteiger partial charge in [-0.2, -0.15) is 10.2 Å². The summed E-state index contributed by atoms with van der Waals surface area (Å²) in [6, 6.07) is 27.5. The Morgan fingerprint density at radius 3 is 2.47 bits per heavy atom. The zero-order valence-corrected chi connectivity index (χ0v) is 23.8. The first-order valence-corrected chi connectivity index (χ1v) is 14.1. The van der Waals surface area contributed by atoms with Crippen molar-refractivity contribution in [1.82, 2.24) is 9.78 Å². The molecule has 0 fully saturated rings. The van der Waals surface area contributed by atoms with Gasteiger partial charge in [0.25, 0.3) is 11.8 Å². The van der Waals surface area contributed by atoms with E-state index in [2.05, 4.69) is 15.7 Å². The number of fused-ring (bicyclic) bond motifs is 2. The molecule has 3 heterocycles. The summed E-state index contributed by atoms with van der Waals surface area (Å²) in [6.45, 7) is 0. The van der Waals surface area contributed by atoms with E-state index in [1.54, 1.807) is 101 Å². The van der Waals surface area contributed by atoms with Crippen LogP contribution in [0.5, 0.6) is 5.75 Å². The summed E-state index contributed by atoms with van der Waals surface area (Å²) in [5.41, 5.74) is 1.94. The molecule has 0 bridgehead atoms. The molecule has 3 N–H and O–H groups in total. The molecule has 2 aliphatic rings. The summed E-state index contributed by atoms with van der Waals surface area (Å²) in [6.07, 6.45) is 3.47. The molecule has 5 aromatic rings. The fourth-order valence-corrected chi connectivity index (χ4v) is 6.12. The second-order valence-electron chi connectivity index (χ2n) is 10.2. The quantitative estimate of drug-likeness (QED) is 0.216. The van der Waals surface area contributed by atoms with Gasteiger partial charge < -0.3 is 15.7 Å². The topological polar surface area (TPSA) is 112 Å². The van der Waals surface area contributed by atoms with Gasteiger partial charge in [-0.15, -0.1) is 0 Å². The normalized spacial score (nSPS) is 18.8. The Hall–Kier alpha value is -5.12. The van der Waals surface area contributed by atoms with Crippen LogP contribution in [0.25, 0.3) is 5.69 Å². The van der Waals surface area contributed by atoms with Crippen molar-refractivity contribution in [3.05, 3.63) is 131 Å². The van der Waals surface area contributed by atoms with Crippen molar-refractivity contribution in [3.8, 4) is 11.4 Å². The Bertz CT molecular complexity index is 1930. The van der Waals surface area contributed by atoms with E-state index in [4.69, 9.17) is 28.3 Å². The van der Waals surface area contributed by atoms with Gasteiger partial charge in [0.05, 0.1) is 17.3 Å². The smallest absolute Gasteiger partial charge is 0.272 e. The highest BCUT2D eigenvalue weighted by Crippen LogP contribution is 2.55. The highest BCUT2D eigenvalue weighted by molar-refractivity contribution is 6.47. The summed E-state index contributed by atoms with van der Waals surface area (Å²) in [5, 5.41) is 28.0. The minimum atomic E-state index is -1.54. The third kappa shape index (κ3) is 4.41. The molecular weight excluding hydrogens is 587 g/mol. The van der Waals surface area contributed by atoms with Crippen LogP contribution < -0.4 is 15.6 Å². The summed E-state index contributed by atoms with van der Waals surface area (Å²) >= 11 is 12.5. The molecule has 0 radical (unpaired) electrons. The number of halogens is 2. The van der Waals surface area contributed by atoms with Crippen LogP contribution in [0.2, 0.25) is 10.0 Å². The van der Waals surface area contributed by atoms with E-state index in [0.29, 0.717) is 38.2 Å². The van der Waals surface area contributed by atoms with Crippen LogP contribution >= 0.6 is 23.2 Å². The maximum absolute atomic E-state index is 14.3. The number of aromatic hydroxyl groups is 1. The van der Waals surface area contributed by atoms with E-state index < -0.39 is 23.3 Å². The lowest BCUT2D eigenvalue weighted by atomic mass is 9.72. The SMILES string of the molecule is O=C(Nc1cccc(-n2cccn2)c1)C1=NN(c2ccc(Cl)cc2)C2(C(=O)Nc3cc(Cl)ccc32)C1c1cccc(O)c1. The van der Waals surface area contributed by atoms with E-state index in [1.165, 1.54) is 6.07 Å². The first-order chi connectivity index (χ1) is 20.8. The first kappa shape index (κ1) is 26.8. The number of nitrogens with one attached hydrogen (secondary N) is 2. The molecule has 2 amide bonds. The fraction of sp³-hybridized carbons (Fsp3) is 0.0625. The number of hydrogen-bond acceptors (Lipinski definition) is 6. The van der Waals surface area contributed by atoms with Crippen molar-refractivity contribution in [3.63, 3.8) is 0 Å². The molecule has 0 aliphatic carbocycles. The van der Waals surface area contributed by atoms with Gasteiger partial charge in [0.1, 0.15) is 11.5 Å². The van der Waals surface area contributed by atoms with Gasteiger partial charge in [0.2, 0.25) is 0 Å². The van der Waals surface area contributed by atoms with E-state index in [1.807, 2.05) is 12.1 Å². The Morgan fingerprint density at radius 1 is 0.907 bits per heavy atom. The van der Waals surface area contributed by atoms with Crippen LogP contribution in [-0.2, 0) is 15.1 Å². The maximum Gasteiger partial charge on any atom is 0.272 e. The molecule has 43 heavy (non-hydrogen) atoms. The Morgan fingerprint density at radius 2 is 1.70 bits per heavy atom. The monoisotopic (exact) mass is 608 g/mol. The van der Waals surface area contributed by atoms with Gasteiger partial charge in [-0.3, -0.25) is 9.59 Å². The molecule has 1 spiro atoms. The minimum Gasteiger partial charge on any atom is -0.508 e. The van der Waals surface area contributed by atoms with Crippen LogP contribution in [0, 0.1) is 0 Å². The molecule has 0 saturated heterocycles. The Balaban J connectivity index is 1.41. The third-order valence-electron chi connectivity index (χ3n) is 7.60. The van der Waals surface area contributed by atoms with Crippen LogP contribution in [0.4, 0.5) is 17.1 Å². The lowest BCUT2D eigenvalue weighted by molar-refractivity contribution is -0.120. The molecule has 2 atom stereocenters. The standard InChI is InChI=1S/C32H22Cl2N6O3/c33-20-8-11-23(12-9-20)40-32(26-13-10-21(34)17-27(26)37-31(32)43)28(19-4-1-7-25(41)16-19)29(38-40)30(42)36-22-5-2-6-24(18-22)39-15-3-14-35-39/h1-18,28,41H,(H,36,42)(H,37,43). The van der Waals surface area contributed by atoms with Crippen molar-refractivity contribution >= 4 is 57.8 Å². The summed E-state index contributed by atoms with van der Waals surface area (Å²) < 4.78 is 1.68. The lowest BCUT2D eigenvalue weighted by Crippen LogP contribution is -2.51. The number of carbonyl (C=O) groups is 2.